The molecule has 2 aromatic heterocycles. The van der Waals surface area contributed by atoms with E-state index in [1.54, 1.807) is 18.4 Å². The highest BCUT2D eigenvalue weighted by Crippen LogP contribution is 2.25. The highest BCUT2D eigenvalue weighted by molar-refractivity contribution is 7.09. The molecule has 0 saturated heterocycles. The van der Waals surface area contributed by atoms with Crippen molar-refractivity contribution < 1.29 is 4.79 Å². The Morgan fingerprint density at radius 2 is 2.45 bits per heavy atom. The van der Waals surface area contributed by atoms with Crippen molar-refractivity contribution in [3.63, 3.8) is 0 Å². The van der Waals surface area contributed by atoms with Gasteiger partial charge in [-0.3, -0.25) is 14.4 Å². The zero-order chi connectivity index (χ0) is 13.9. The molecule has 1 aliphatic heterocycles. The molecule has 2 aromatic rings. The minimum absolute atomic E-state index is 0.0643. The van der Waals surface area contributed by atoms with E-state index in [-0.39, 0.29) is 11.9 Å². The molecule has 0 aromatic carbocycles. The van der Waals surface area contributed by atoms with Crippen molar-refractivity contribution in [2.75, 3.05) is 13.6 Å². The maximum absolute atomic E-state index is 11.7. The van der Waals surface area contributed by atoms with Crippen molar-refractivity contribution in [2.45, 2.75) is 25.6 Å². The van der Waals surface area contributed by atoms with Gasteiger partial charge in [-0.25, -0.2) is 0 Å². The van der Waals surface area contributed by atoms with Gasteiger partial charge in [0.15, 0.2) is 0 Å². The molecule has 3 heterocycles. The Labute approximate surface area is 122 Å². The lowest BCUT2D eigenvalue weighted by atomic mass is 10.1. The van der Waals surface area contributed by atoms with Gasteiger partial charge in [0, 0.05) is 37.8 Å². The molecule has 1 atom stereocenters. The van der Waals surface area contributed by atoms with E-state index in [4.69, 9.17) is 0 Å². The first-order chi connectivity index (χ1) is 9.76. The van der Waals surface area contributed by atoms with Crippen molar-refractivity contribution >= 4 is 17.2 Å². The summed E-state index contributed by atoms with van der Waals surface area (Å²) in [6, 6.07) is 6.39. The summed E-state index contributed by atoms with van der Waals surface area (Å²) in [6.45, 7) is 2.69. The molecule has 0 radical (unpaired) electrons. The minimum atomic E-state index is 0.0643. The third-order valence-electron chi connectivity index (χ3n) is 3.61. The van der Waals surface area contributed by atoms with E-state index in [2.05, 4.69) is 32.8 Å². The Bertz CT molecular complexity index is 578. The number of hydrogen-bond acceptors (Lipinski definition) is 4. The Morgan fingerprint density at radius 1 is 1.55 bits per heavy atom. The number of hydrogen-bond donors (Lipinski definition) is 1. The van der Waals surface area contributed by atoms with Gasteiger partial charge in [-0.15, -0.1) is 11.3 Å². The molecular weight excluding hydrogens is 272 g/mol. The standard InChI is InChI=1S/C14H18N4OS/c1-15-14(19)7-12-9-17(10-13-3-2-6-20-13)8-11-4-5-16-18(11)12/h2-6,12H,7-10H2,1H3,(H,15,19)/t12-/m1/s1. The molecule has 1 aliphatic rings. The van der Waals surface area contributed by atoms with Crippen LogP contribution in [0.5, 0.6) is 0 Å². The van der Waals surface area contributed by atoms with Crippen LogP contribution in [0.25, 0.3) is 0 Å². The average Bonchev–Trinajstić information content (AvgIpc) is 3.09. The first kappa shape index (κ1) is 13.3. The summed E-state index contributed by atoms with van der Waals surface area (Å²) in [5, 5.41) is 9.17. The monoisotopic (exact) mass is 290 g/mol. The second kappa shape index (κ2) is 5.76. The lowest BCUT2D eigenvalue weighted by Crippen LogP contribution is -2.39. The number of rotatable bonds is 4. The Hall–Kier alpha value is -1.66. The maximum atomic E-state index is 11.7. The van der Waals surface area contributed by atoms with Crippen LogP contribution in [0.3, 0.4) is 0 Å². The largest absolute Gasteiger partial charge is 0.359 e. The predicted molar refractivity (Wildman–Crippen MR) is 78.4 cm³/mol. The summed E-state index contributed by atoms with van der Waals surface area (Å²) in [7, 11) is 1.68. The van der Waals surface area contributed by atoms with Gasteiger partial charge in [0.05, 0.1) is 18.2 Å². The number of thiophene rings is 1. The third kappa shape index (κ3) is 2.76. The van der Waals surface area contributed by atoms with Crippen molar-refractivity contribution in [3.05, 3.63) is 40.3 Å². The fourth-order valence-electron chi connectivity index (χ4n) is 2.68. The van der Waals surface area contributed by atoms with E-state index in [9.17, 15) is 4.79 Å². The number of aromatic nitrogens is 2. The lowest BCUT2D eigenvalue weighted by Gasteiger charge is -2.33. The molecule has 0 unspecified atom stereocenters. The van der Waals surface area contributed by atoms with Crippen LogP contribution in [0.1, 0.15) is 23.0 Å². The van der Waals surface area contributed by atoms with Gasteiger partial charge in [0.2, 0.25) is 5.91 Å². The van der Waals surface area contributed by atoms with Crippen LogP contribution in [-0.4, -0.2) is 34.2 Å². The van der Waals surface area contributed by atoms with Gasteiger partial charge in [-0.05, 0) is 17.5 Å². The van der Waals surface area contributed by atoms with Gasteiger partial charge in [0.25, 0.3) is 0 Å². The molecule has 0 aliphatic carbocycles. The van der Waals surface area contributed by atoms with Crippen molar-refractivity contribution in [2.24, 2.45) is 0 Å². The van der Waals surface area contributed by atoms with Crippen LogP contribution in [-0.2, 0) is 17.9 Å². The molecular formula is C14H18N4OS. The highest BCUT2D eigenvalue weighted by Gasteiger charge is 2.27. The van der Waals surface area contributed by atoms with Gasteiger partial charge in [0.1, 0.15) is 0 Å². The summed E-state index contributed by atoms with van der Waals surface area (Å²) in [5.74, 6) is 0.0643. The maximum Gasteiger partial charge on any atom is 0.221 e. The SMILES string of the molecule is CNC(=O)C[C@@H]1CN(Cc2cccs2)Cc2ccnn21. The molecule has 0 fully saturated rings. The number of nitrogens with one attached hydrogen (secondary N) is 1. The van der Waals surface area contributed by atoms with E-state index in [1.165, 1.54) is 10.6 Å². The van der Waals surface area contributed by atoms with E-state index in [1.807, 2.05) is 16.9 Å². The summed E-state index contributed by atoms with van der Waals surface area (Å²) >= 11 is 1.78. The van der Waals surface area contributed by atoms with E-state index in [0.717, 1.165) is 19.6 Å². The van der Waals surface area contributed by atoms with Crippen molar-refractivity contribution in [1.29, 1.82) is 0 Å². The van der Waals surface area contributed by atoms with Crippen LogP contribution >= 0.6 is 11.3 Å². The summed E-state index contributed by atoms with van der Waals surface area (Å²) in [4.78, 5) is 15.4. The quantitative estimate of drug-likeness (QED) is 0.931. The predicted octanol–water partition coefficient (Wildman–Crippen LogP) is 1.64. The minimum Gasteiger partial charge on any atom is -0.359 e. The second-order valence-corrected chi connectivity index (χ2v) is 6.08. The molecule has 1 amide bonds. The van der Waals surface area contributed by atoms with E-state index < -0.39 is 0 Å². The van der Waals surface area contributed by atoms with Crippen LogP contribution in [0.4, 0.5) is 0 Å². The number of carbonyl (C=O) groups is 1. The van der Waals surface area contributed by atoms with Gasteiger partial charge in [-0.2, -0.15) is 5.10 Å². The Balaban J connectivity index is 1.75. The number of carbonyl (C=O) groups excluding carboxylic acids is 1. The van der Waals surface area contributed by atoms with Gasteiger partial charge in [-0.1, -0.05) is 6.07 Å². The number of amides is 1. The van der Waals surface area contributed by atoms with Crippen LogP contribution in [0.2, 0.25) is 0 Å². The molecule has 0 spiro atoms. The molecule has 0 bridgehead atoms. The fourth-order valence-corrected chi connectivity index (χ4v) is 3.42. The van der Waals surface area contributed by atoms with Crippen molar-refractivity contribution in [3.8, 4) is 0 Å². The molecule has 20 heavy (non-hydrogen) atoms. The molecule has 106 valence electrons. The first-order valence-electron chi connectivity index (χ1n) is 6.74. The zero-order valence-corrected chi connectivity index (χ0v) is 12.3. The van der Waals surface area contributed by atoms with Crippen LogP contribution in [0, 0.1) is 0 Å². The molecule has 1 N–H and O–H groups in total. The van der Waals surface area contributed by atoms with Gasteiger partial charge < -0.3 is 5.32 Å². The molecule has 0 saturated carbocycles. The van der Waals surface area contributed by atoms with Crippen LogP contribution in [0.15, 0.2) is 29.8 Å². The van der Waals surface area contributed by atoms with Gasteiger partial charge >= 0.3 is 0 Å². The normalized spacial score (nSPS) is 18.8. The highest BCUT2D eigenvalue weighted by atomic mass is 32.1. The first-order valence-corrected chi connectivity index (χ1v) is 7.62. The summed E-state index contributed by atoms with van der Waals surface area (Å²) in [6.07, 6.45) is 2.30. The topological polar surface area (TPSA) is 50.2 Å². The number of nitrogens with zero attached hydrogens (tertiary/aromatic N) is 3. The van der Waals surface area contributed by atoms with E-state index in [0.29, 0.717) is 6.42 Å². The molecule has 6 heteroatoms. The second-order valence-electron chi connectivity index (χ2n) is 5.05. The summed E-state index contributed by atoms with van der Waals surface area (Å²) < 4.78 is 2.00. The average molecular weight is 290 g/mol. The Morgan fingerprint density at radius 3 is 3.20 bits per heavy atom. The van der Waals surface area contributed by atoms with E-state index >= 15 is 0 Å². The summed E-state index contributed by atoms with van der Waals surface area (Å²) in [5.41, 5.74) is 1.18. The molecule has 5 nitrogen and oxygen atoms in total. The molecule has 3 rings (SSSR count). The zero-order valence-electron chi connectivity index (χ0n) is 11.5. The number of fused-ring (bicyclic) bond motifs is 1. The Kier molecular flexibility index (Phi) is 3.84. The fraction of sp³-hybridized carbons (Fsp3) is 0.429. The lowest BCUT2D eigenvalue weighted by molar-refractivity contribution is -0.121. The van der Waals surface area contributed by atoms with Crippen molar-refractivity contribution in [1.82, 2.24) is 20.0 Å². The third-order valence-corrected chi connectivity index (χ3v) is 4.47. The smallest absolute Gasteiger partial charge is 0.221 e. The van der Waals surface area contributed by atoms with Crippen LogP contribution < -0.4 is 5.32 Å².